The topological polar surface area (TPSA) is 72.5 Å². The van der Waals surface area contributed by atoms with Crippen molar-refractivity contribution in [1.29, 1.82) is 0 Å². The first-order valence-electron chi connectivity index (χ1n) is 4.46. The van der Waals surface area contributed by atoms with Crippen molar-refractivity contribution >= 4 is 32.0 Å². The standard InChI is InChI=1S/C8H16BrNO4S/c1-8(2,3)14-7(11)10-15(12,13)6-4-5-9/h4-6H2,1-3H3,(H,10,11). The second kappa shape index (κ2) is 5.69. The lowest BCUT2D eigenvalue weighted by Crippen LogP contribution is -2.37. The van der Waals surface area contributed by atoms with Crippen LogP contribution in [0, 0.1) is 0 Å². The van der Waals surface area contributed by atoms with Gasteiger partial charge in [0.2, 0.25) is 10.0 Å². The van der Waals surface area contributed by atoms with Crippen molar-refractivity contribution in [3.8, 4) is 0 Å². The second-order valence-corrected chi connectivity index (χ2v) is 6.60. The van der Waals surface area contributed by atoms with Crippen LogP contribution in [0.5, 0.6) is 0 Å². The van der Waals surface area contributed by atoms with Crippen LogP contribution in [0.2, 0.25) is 0 Å². The molecule has 0 heterocycles. The van der Waals surface area contributed by atoms with Crippen molar-refractivity contribution in [3.63, 3.8) is 0 Å². The number of ether oxygens (including phenoxy) is 1. The number of hydrogen-bond donors (Lipinski definition) is 1. The Balaban J connectivity index is 4.17. The van der Waals surface area contributed by atoms with Gasteiger partial charge < -0.3 is 4.74 Å². The molecule has 0 saturated heterocycles. The normalized spacial score (nSPS) is 12.3. The highest BCUT2D eigenvalue weighted by Crippen LogP contribution is 2.07. The summed E-state index contributed by atoms with van der Waals surface area (Å²) < 4.78 is 29.2. The molecule has 0 saturated carbocycles. The van der Waals surface area contributed by atoms with E-state index < -0.39 is 21.7 Å². The van der Waals surface area contributed by atoms with Crippen LogP contribution in [0.15, 0.2) is 0 Å². The molecule has 0 aliphatic heterocycles. The molecule has 0 bridgehead atoms. The molecule has 1 amide bonds. The van der Waals surface area contributed by atoms with Gasteiger partial charge in [0.25, 0.3) is 0 Å². The smallest absolute Gasteiger partial charge is 0.421 e. The van der Waals surface area contributed by atoms with Crippen LogP contribution in [0.1, 0.15) is 27.2 Å². The Morgan fingerprint density at radius 2 is 1.93 bits per heavy atom. The minimum atomic E-state index is -3.57. The van der Waals surface area contributed by atoms with E-state index in [2.05, 4.69) is 15.9 Å². The van der Waals surface area contributed by atoms with E-state index in [1.54, 1.807) is 20.8 Å². The monoisotopic (exact) mass is 301 g/mol. The van der Waals surface area contributed by atoms with E-state index in [0.717, 1.165) is 0 Å². The Hall–Kier alpha value is -0.300. The second-order valence-electron chi connectivity index (χ2n) is 3.97. The summed E-state index contributed by atoms with van der Waals surface area (Å²) in [6.45, 7) is 4.99. The minimum Gasteiger partial charge on any atom is -0.443 e. The lowest BCUT2D eigenvalue weighted by molar-refractivity contribution is 0.0570. The van der Waals surface area contributed by atoms with Gasteiger partial charge in [0.05, 0.1) is 5.75 Å². The third-order valence-electron chi connectivity index (χ3n) is 1.18. The van der Waals surface area contributed by atoms with Gasteiger partial charge in [0.1, 0.15) is 5.60 Å². The maximum absolute atomic E-state index is 11.3. The van der Waals surface area contributed by atoms with Crippen LogP contribution in [-0.2, 0) is 14.8 Å². The first-order chi connectivity index (χ1) is 6.66. The van der Waals surface area contributed by atoms with Crippen molar-refractivity contribution in [2.24, 2.45) is 0 Å². The molecular weight excluding hydrogens is 286 g/mol. The summed E-state index contributed by atoms with van der Waals surface area (Å²) in [5.74, 6) is -0.0997. The molecule has 0 spiro atoms. The van der Waals surface area contributed by atoms with Gasteiger partial charge in [-0.25, -0.2) is 17.9 Å². The summed E-state index contributed by atoms with van der Waals surface area (Å²) in [5, 5.41) is 0.572. The highest BCUT2D eigenvalue weighted by molar-refractivity contribution is 9.09. The molecule has 0 radical (unpaired) electrons. The van der Waals surface area contributed by atoms with Gasteiger partial charge in [-0.3, -0.25) is 0 Å². The Morgan fingerprint density at radius 3 is 2.33 bits per heavy atom. The zero-order valence-corrected chi connectivity index (χ0v) is 11.4. The van der Waals surface area contributed by atoms with Crippen molar-refractivity contribution in [2.45, 2.75) is 32.8 Å². The predicted octanol–water partition coefficient (Wildman–Crippen LogP) is 1.63. The molecule has 0 unspecified atom stereocenters. The van der Waals surface area contributed by atoms with Crippen molar-refractivity contribution in [1.82, 2.24) is 4.72 Å². The molecule has 90 valence electrons. The van der Waals surface area contributed by atoms with Crippen molar-refractivity contribution < 1.29 is 17.9 Å². The fourth-order valence-corrected chi connectivity index (χ4v) is 2.30. The molecule has 5 nitrogen and oxygen atoms in total. The SMILES string of the molecule is CC(C)(C)OC(=O)NS(=O)(=O)CCCBr. The van der Waals surface area contributed by atoms with E-state index in [1.165, 1.54) is 0 Å². The maximum Gasteiger partial charge on any atom is 0.421 e. The molecule has 0 aliphatic rings. The Labute approximate surface area is 98.7 Å². The summed E-state index contributed by atoms with van der Waals surface area (Å²) in [5.41, 5.74) is -0.699. The molecule has 0 aliphatic carbocycles. The number of alkyl halides is 1. The zero-order valence-electron chi connectivity index (χ0n) is 9.04. The first kappa shape index (κ1) is 14.7. The molecule has 0 aromatic heterocycles. The molecule has 1 N–H and O–H groups in total. The van der Waals surface area contributed by atoms with Crippen molar-refractivity contribution in [3.05, 3.63) is 0 Å². The third-order valence-corrected chi connectivity index (χ3v) is 3.05. The van der Waals surface area contributed by atoms with Gasteiger partial charge in [0, 0.05) is 5.33 Å². The van der Waals surface area contributed by atoms with Crippen LogP contribution >= 0.6 is 15.9 Å². The Morgan fingerprint density at radius 1 is 1.40 bits per heavy atom. The van der Waals surface area contributed by atoms with Gasteiger partial charge in [-0.05, 0) is 27.2 Å². The number of hydrogen-bond acceptors (Lipinski definition) is 4. The van der Waals surface area contributed by atoms with E-state index in [0.29, 0.717) is 11.8 Å². The van der Waals surface area contributed by atoms with Crippen LogP contribution in [0.25, 0.3) is 0 Å². The highest BCUT2D eigenvalue weighted by atomic mass is 79.9. The molecule has 0 aromatic carbocycles. The highest BCUT2D eigenvalue weighted by Gasteiger charge is 2.20. The van der Waals surface area contributed by atoms with E-state index in [4.69, 9.17) is 4.74 Å². The fraction of sp³-hybridized carbons (Fsp3) is 0.875. The quantitative estimate of drug-likeness (QED) is 0.801. The van der Waals surface area contributed by atoms with E-state index in [9.17, 15) is 13.2 Å². The van der Waals surface area contributed by atoms with E-state index in [1.807, 2.05) is 4.72 Å². The number of rotatable bonds is 4. The van der Waals surface area contributed by atoms with Gasteiger partial charge >= 0.3 is 6.09 Å². The number of halogens is 1. The summed E-state index contributed by atoms with van der Waals surface area (Å²) in [6, 6.07) is 0. The lowest BCUT2D eigenvalue weighted by Gasteiger charge is -2.19. The number of amides is 1. The number of carbonyl (C=O) groups excluding carboxylic acids is 1. The zero-order chi connectivity index (χ0) is 12.1. The average Bonchev–Trinajstić information content (AvgIpc) is 1.95. The number of sulfonamides is 1. The molecule has 0 rings (SSSR count). The minimum absolute atomic E-state index is 0.0997. The summed E-state index contributed by atoms with van der Waals surface area (Å²) in [7, 11) is -3.57. The summed E-state index contributed by atoms with van der Waals surface area (Å²) >= 11 is 3.11. The summed E-state index contributed by atoms with van der Waals surface area (Å²) in [4.78, 5) is 11.1. The van der Waals surface area contributed by atoms with Gasteiger partial charge in [-0.15, -0.1) is 0 Å². The van der Waals surface area contributed by atoms with Crippen LogP contribution in [0.3, 0.4) is 0 Å². The number of nitrogens with one attached hydrogen (secondary N) is 1. The van der Waals surface area contributed by atoms with E-state index in [-0.39, 0.29) is 5.75 Å². The van der Waals surface area contributed by atoms with Gasteiger partial charge in [-0.2, -0.15) is 0 Å². The van der Waals surface area contributed by atoms with Gasteiger partial charge in [0.15, 0.2) is 0 Å². The molecular formula is C8H16BrNO4S. The number of carbonyl (C=O) groups is 1. The molecule has 0 aromatic rings. The van der Waals surface area contributed by atoms with Crippen LogP contribution < -0.4 is 4.72 Å². The summed E-state index contributed by atoms with van der Waals surface area (Å²) in [6.07, 6.45) is -0.491. The lowest BCUT2D eigenvalue weighted by atomic mass is 10.2. The van der Waals surface area contributed by atoms with Gasteiger partial charge in [-0.1, -0.05) is 15.9 Å². The van der Waals surface area contributed by atoms with Crippen molar-refractivity contribution in [2.75, 3.05) is 11.1 Å². The molecule has 0 fully saturated rings. The average molecular weight is 302 g/mol. The predicted molar refractivity (Wildman–Crippen MR) is 61.6 cm³/mol. The fourth-order valence-electron chi connectivity index (χ4n) is 0.721. The first-order valence-corrected chi connectivity index (χ1v) is 7.23. The largest absolute Gasteiger partial charge is 0.443 e. The Bertz CT molecular complexity index is 307. The third kappa shape index (κ3) is 8.68. The van der Waals surface area contributed by atoms with E-state index >= 15 is 0 Å². The molecule has 15 heavy (non-hydrogen) atoms. The molecule has 0 atom stereocenters. The maximum atomic E-state index is 11.3. The van der Waals surface area contributed by atoms with Crippen LogP contribution in [-0.4, -0.2) is 31.2 Å². The Kier molecular flexibility index (Phi) is 5.58. The van der Waals surface area contributed by atoms with Crippen LogP contribution in [0.4, 0.5) is 4.79 Å². The molecule has 7 heteroatoms.